The van der Waals surface area contributed by atoms with Gasteiger partial charge in [0, 0.05) is 12.7 Å². The second kappa shape index (κ2) is 6.14. The SMILES string of the molecule is CNc1ccc(N=Nc2ccc(C(C)[11CH3])cc2)cc1. The van der Waals surface area contributed by atoms with Crippen LogP contribution < -0.4 is 5.32 Å². The smallest absolute Gasteiger partial charge is 0.0858 e. The number of nitrogens with one attached hydrogen (secondary N) is 1. The first-order valence-electron chi connectivity index (χ1n) is 6.48. The lowest BCUT2D eigenvalue weighted by Gasteiger charge is -2.04. The Balaban J connectivity index is 2.08. The van der Waals surface area contributed by atoms with Crippen LogP contribution in [0.3, 0.4) is 0 Å². The van der Waals surface area contributed by atoms with Crippen LogP contribution in [-0.2, 0) is 0 Å². The van der Waals surface area contributed by atoms with Crippen LogP contribution in [0.5, 0.6) is 0 Å². The van der Waals surface area contributed by atoms with E-state index in [9.17, 15) is 0 Å². The molecule has 0 aliphatic heterocycles. The summed E-state index contributed by atoms with van der Waals surface area (Å²) in [7, 11) is 1.90. The normalized spacial score (nSPS) is 12.6. The second-order valence-corrected chi connectivity index (χ2v) is 4.74. The Morgan fingerprint density at radius 3 is 1.68 bits per heavy atom. The van der Waals surface area contributed by atoms with E-state index < -0.39 is 0 Å². The molecule has 0 aliphatic rings. The summed E-state index contributed by atoms with van der Waals surface area (Å²) in [6.45, 7) is 4.36. The highest BCUT2D eigenvalue weighted by Gasteiger charge is 1.98. The molecule has 3 heteroatoms. The van der Waals surface area contributed by atoms with Crippen LogP contribution in [0.25, 0.3) is 0 Å². The Morgan fingerprint density at radius 2 is 1.26 bits per heavy atom. The van der Waals surface area contributed by atoms with Crippen LogP contribution in [0.15, 0.2) is 58.8 Å². The largest absolute Gasteiger partial charge is 0.388 e. The number of hydrogen-bond acceptors (Lipinski definition) is 3. The molecule has 0 saturated heterocycles. The van der Waals surface area contributed by atoms with Crippen molar-refractivity contribution in [2.45, 2.75) is 19.8 Å². The first kappa shape index (κ1) is 13.3. The lowest BCUT2D eigenvalue weighted by molar-refractivity contribution is 0.866. The quantitative estimate of drug-likeness (QED) is 0.739. The second-order valence-electron chi connectivity index (χ2n) is 4.74. The van der Waals surface area contributed by atoms with E-state index in [2.05, 4.69) is 41.5 Å². The van der Waals surface area contributed by atoms with E-state index in [0.717, 1.165) is 17.1 Å². The fourth-order valence-corrected chi connectivity index (χ4v) is 1.74. The van der Waals surface area contributed by atoms with Gasteiger partial charge in [-0.3, -0.25) is 0 Å². The number of hydrogen-bond donors (Lipinski definition) is 1. The molecule has 1 unspecified atom stereocenters. The van der Waals surface area contributed by atoms with Crippen molar-refractivity contribution in [3.63, 3.8) is 0 Å². The summed E-state index contributed by atoms with van der Waals surface area (Å²) in [6, 6.07) is 16.1. The van der Waals surface area contributed by atoms with Gasteiger partial charge in [-0.15, -0.1) is 0 Å². The molecule has 0 radical (unpaired) electrons. The van der Waals surface area contributed by atoms with Gasteiger partial charge >= 0.3 is 0 Å². The molecular weight excluding hydrogens is 233 g/mol. The van der Waals surface area contributed by atoms with E-state index in [-0.39, 0.29) is 0 Å². The van der Waals surface area contributed by atoms with Crippen molar-refractivity contribution in [2.24, 2.45) is 10.2 Å². The molecule has 1 N–H and O–H groups in total. The molecule has 2 aromatic carbocycles. The fraction of sp³-hybridized carbons (Fsp3) is 0.250. The molecule has 0 amide bonds. The maximum absolute atomic E-state index is 4.24. The Hall–Kier alpha value is -2.16. The van der Waals surface area contributed by atoms with Crippen molar-refractivity contribution in [1.82, 2.24) is 0 Å². The zero-order valence-electron chi connectivity index (χ0n) is 11.6. The molecule has 0 bridgehead atoms. The number of rotatable bonds is 4. The minimum atomic E-state index is 0.542. The van der Waals surface area contributed by atoms with E-state index in [1.807, 2.05) is 43.4 Å². The predicted molar refractivity (Wildman–Crippen MR) is 80.7 cm³/mol. The minimum absolute atomic E-state index is 0.542. The molecular formula is C16H19N3. The van der Waals surface area contributed by atoms with Crippen LogP contribution in [0.4, 0.5) is 17.1 Å². The summed E-state index contributed by atoms with van der Waals surface area (Å²) >= 11 is 0. The van der Waals surface area contributed by atoms with Crippen LogP contribution >= 0.6 is 0 Å². The lowest BCUT2D eigenvalue weighted by Crippen LogP contribution is -1.85. The molecule has 0 heterocycles. The average molecular weight is 252 g/mol. The van der Waals surface area contributed by atoms with Crippen molar-refractivity contribution >= 4 is 17.1 Å². The average Bonchev–Trinajstić information content (AvgIpc) is 2.46. The van der Waals surface area contributed by atoms with Gasteiger partial charge < -0.3 is 5.32 Å². The molecule has 0 fully saturated rings. The molecule has 0 aliphatic carbocycles. The van der Waals surface area contributed by atoms with Crippen molar-refractivity contribution in [3.05, 3.63) is 54.1 Å². The molecule has 3 nitrogen and oxygen atoms in total. The Bertz CT molecular complexity index is 539. The van der Waals surface area contributed by atoms with Crippen LogP contribution in [0.1, 0.15) is 25.3 Å². The van der Waals surface area contributed by atoms with Gasteiger partial charge in [-0.25, -0.2) is 0 Å². The van der Waals surface area contributed by atoms with Gasteiger partial charge in [0.05, 0.1) is 11.4 Å². The highest BCUT2D eigenvalue weighted by Crippen LogP contribution is 2.22. The first-order valence-corrected chi connectivity index (χ1v) is 6.48. The monoisotopic (exact) mass is 252 g/mol. The number of benzene rings is 2. The van der Waals surface area contributed by atoms with Gasteiger partial charge in [0.2, 0.25) is 0 Å². The van der Waals surface area contributed by atoms with E-state index >= 15 is 0 Å². The number of nitrogens with zero attached hydrogens (tertiary/aromatic N) is 2. The van der Waals surface area contributed by atoms with Crippen LogP contribution in [-0.4, -0.2) is 7.05 Å². The minimum Gasteiger partial charge on any atom is -0.388 e. The zero-order chi connectivity index (χ0) is 13.7. The van der Waals surface area contributed by atoms with Gasteiger partial charge in [0.1, 0.15) is 0 Å². The van der Waals surface area contributed by atoms with Crippen LogP contribution in [0, 0.1) is 0 Å². The zero-order valence-corrected chi connectivity index (χ0v) is 11.6. The molecule has 98 valence electrons. The summed E-state index contributed by atoms with van der Waals surface area (Å²) in [5.74, 6) is 0.542. The van der Waals surface area contributed by atoms with Crippen molar-refractivity contribution in [3.8, 4) is 0 Å². The van der Waals surface area contributed by atoms with Crippen molar-refractivity contribution in [1.29, 1.82) is 0 Å². The van der Waals surface area contributed by atoms with E-state index in [1.54, 1.807) is 0 Å². The Labute approximate surface area is 114 Å². The molecule has 0 aromatic heterocycles. The first-order chi connectivity index (χ1) is 9.19. The van der Waals surface area contributed by atoms with Gasteiger partial charge in [-0.2, -0.15) is 10.2 Å². The molecule has 2 rings (SSSR count). The van der Waals surface area contributed by atoms with Gasteiger partial charge in [0.15, 0.2) is 0 Å². The standard InChI is InChI=1S/C16H19N3/c1-12(2)13-4-6-15(7-5-13)18-19-16-10-8-14(17-3)9-11-16/h4-12,17H,1-3H3/i1-1. The van der Waals surface area contributed by atoms with Gasteiger partial charge in [-0.1, -0.05) is 26.0 Å². The van der Waals surface area contributed by atoms with Gasteiger partial charge in [0.25, 0.3) is 0 Å². The van der Waals surface area contributed by atoms with Crippen LogP contribution in [0.2, 0.25) is 0 Å². The predicted octanol–water partition coefficient (Wildman–Crippen LogP) is 5.27. The van der Waals surface area contributed by atoms with Crippen molar-refractivity contribution in [2.75, 3.05) is 12.4 Å². The summed E-state index contributed by atoms with van der Waals surface area (Å²) in [5, 5.41) is 11.5. The highest BCUT2D eigenvalue weighted by atomic mass is 15.1. The third-order valence-electron chi connectivity index (χ3n) is 3.00. The van der Waals surface area contributed by atoms with E-state index in [1.165, 1.54) is 5.56 Å². The Kier molecular flexibility index (Phi) is 4.29. The molecule has 0 saturated carbocycles. The summed E-state index contributed by atoms with van der Waals surface area (Å²) in [4.78, 5) is 0. The van der Waals surface area contributed by atoms with Gasteiger partial charge in [-0.05, 0) is 47.9 Å². The molecule has 19 heavy (non-hydrogen) atoms. The molecule has 0 spiro atoms. The molecule has 1 atom stereocenters. The number of anilines is 1. The van der Waals surface area contributed by atoms with E-state index in [4.69, 9.17) is 0 Å². The molecule has 2 aromatic rings. The van der Waals surface area contributed by atoms with Crippen molar-refractivity contribution < 1.29 is 0 Å². The maximum atomic E-state index is 4.24. The third kappa shape index (κ3) is 3.65. The highest BCUT2D eigenvalue weighted by molar-refractivity contribution is 5.50. The summed E-state index contributed by atoms with van der Waals surface area (Å²) in [5.41, 5.74) is 4.12. The fourth-order valence-electron chi connectivity index (χ4n) is 1.74. The lowest BCUT2D eigenvalue weighted by atomic mass is 9.89. The number of azo groups is 1. The maximum Gasteiger partial charge on any atom is 0.0858 e. The summed E-state index contributed by atoms with van der Waals surface area (Å²) < 4.78 is 0. The topological polar surface area (TPSA) is 36.8 Å². The summed E-state index contributed by atoms with van der Waals surface area (Å²) in [6.07, 6.45) is 0. The third-order valence-corrected chi connectivity index (χ3v) is 3.00. The Morgan fingerprint density at radius 1 is 0.789 bits per heavy atom. The van der Waals surface area contributed by atoms with E-state index in [0.29, 0.717) is 5.92 Å².